The van der Waals surface area contributed by atoms with E-state index >= 15 is 0 Å². The summed E-state index contributed by atoms with van der Waals surface area (Å²) in [6.07, 6.45) is 0. The van der Waals surface area contributed by atoms with Crippen LogP contribution in [0.5, 0.6) is 0 Å². The van der Waals surface area contributed by atoms with E-state index in [1.54, 1.807) is 36.7 Å². The lowest BCUT2D eigenvalue weighted by molar-refractivity contribution is 0.102. The Morgan fingerprint density at radius 2 is 1.74 bits per heavy atom. The molecule has 0 aliphatic heterocycles. The number of sulfonamides is 1. The molecule has 4 aromatic rings. The number of halogens is 1. The van der Waals surface area contributed by atoms with Gasteiger partial charge in [-0.3, -0.25) is 4.79 Å². The number of hydrogen-bond acceptors (Lipinski definition) is 6. The van der Waals surface area contributed by atoms with Crippen LogP contribution < -0.4 is 5.32 Å². The highest BCUT2D eigenvalue weighted by Gasteiger charge is 2.22. The van der Waals surface area contributed by atoms with Gasteiger partial charge in [0.15, 0.2) is 0 Å². The summed E-state index contributed by atoms with van der Waals surface area (Å²) in [7, 11) is -3.59. The summed E-state index contributed by atoms with van der Waals surface area (Å²) < 4.78 is 28.3. The normalized spacial score (nSPS) is 11.7. The average molecular weight is 530 g/mol. The summed E-state index contributed by atoms with van der Waals surface area (Å²) in [6, 6.07) is 15.0. The van der Waals surface area contributed by atoms with Gasteiger partial charge >= 0.3 is 0 Å². The summed E-state index contributed by atoms with van der Waals surface area (Å²) in [5.74, 6) is 0.0803. The maximum Gasteiger partial charge on any atom is 0.256 e. The number of nitrogens with zero attached hydrogens (tertiary/aromatic N) is 4. The summed E-state index contributed by atoms with van der Waals surface area (Å²) in [6.45, 7) is 6.15. The van der Waals surface area contributed by atoms with Crippen molar-refractivity contribution in [3.05, 3.63) is 76.3 Å². The van der Waals surface area contributed by atoms with Gasteiger partial charge in [0.05, 0.1) is 16.3 Å². The molecule has 0 radical (unpaired) electrons. The van der Waals surface area contributed by atoms with E-state index in [1.165, 1.54) is 39.9 Å². The smallest absolute Gasteiger partial charge is 0.256 e. The van der Waals surface area contributed by atoms with Gasteiger partial charge in [0.2, 0.25) is 15.2 Å². The standard InChI is InChI=1S/C24H24ClN5O3S2/c1-4-29(5-2)35(32,33)20-12-8-18(9-13-20)23(31)27-22-14-16(3)28-30(22)24-26-21(15-34-24)17-6-10-19(25)11-7-17/h6-15H,4-5H2,1-3H3,(H,27,31). The highest BCUT2D eigenvalue weighted by atomic mass is 35.5. The number of carbonyl (C=O) groups is 1. The minimum absolute atomic E-state index is 0.149. The Hall–Kier alpha value is -3.05. The second-order valence-corrected chi connectivity index (χ2v) is 10.9. The molecule has 0 spiro atoms. The predicted octanol–water partition coefficient (Wildman–Crippen LogP) is 5.24. The van der Waals surface area contributed by atoms with Crippen LogP contribution >= 0.6 is 22.9 Å². The number of nitrogens with one attached hydrogen (secondary N) is 1. The molecule has 35 heavy (non-hydrogen) atoms. The van der Waals surface area contributed by atoms with E-state index in [1.807, 2.05) is 24.4 Å². The largest absolute Gasteiger partial charge is 0.306 e. The molecule has 2 aromatic carbocycles. The number of amides is 1. The molecule has 2 aromatic heterocycles. The predicted molar refractivity (Wildman–Crippen MR) is 139 cm³/mol. The number of aryl methyl sites for hydroxylation is 1. The number of thiazole rings is 1. The third kappa shape index (κ3) is 5.30. The zero-order chi connectivity index (χ0) is 25.2. The van der Waals surface area contributed by atoms with Crippen LogP contribution in [0.4, 0.5) is 5.82 Å². The van der Waals surface area contributed by atoms with Crippen LogP contribution in [0.3, 0.4) is 0 Å². The van der Waals surface area contributed by atoms with Crippen molar-refractivity contribution in [3.63, 3.8) is 0 Å². The Bertz CT molecular complexity index is 1440. The molecule has 1 N–H and O–H groups in total. The molecular formula is C24H24ClN5O3S2. The maximum atomic E-state index is 12.9. The van der Waals surface area contributed by atoms with E-state index in [4.69, 9.17) is 11.6 Å². The minimum atomic E-state index is -3.59. The Labute approximate surface area is 213 Å². The van der Waals surface area contributed by atoms with Crippen LogP contribution in [0.15, 0.2) is 64.9 Å². The Kier molecular flexibility index (Phi) is 7.36. The maximum absolute atomic E-state index is 12.9. The summed E-state index contributed by atoms with van der Waals surface area (Å²) in [5, 5.41) is 10.5. The van der Waals surface area contributed by atoms with Crippen molar-refractivity contribution in [1.29, 1.82) is 0 Å². The third-order valence-electron chi connectivity index (χ3n) is 5.35. The molecular weight excluding hydrogens is 506 g/mol. The number of hydrogen-bond donors (Lipinski definition) is 1. The molecule has 0 unspecified atom stereocenters. The summed E-state index contributed by atoms with van der Waals surface area (Å²) in [5.41, 5.74) is 2.74. The Balaban J connectivity index is 1.55. The zero-order valence-electron chi connectivity index (χ0n) is 19.4. The van der Waals surface area contributed by atoms with Crippen molar-refractivity contribution in [2.45, 2.75) is 25.7 Å². The van der Waals surface area contributed by atoms with E-state index < -0.39 is 10.0 Å². The second-order valence-electron chi connectivity index (χ2n) is 7.67. The molecule has 0 bridgehead atoms. The first-order valence-corrected chi connectivity index (χ1v) is 13.6. The van der Waals surface area contributed by atoms with Crippen LogP contribution in [0, 0.1) is 6.92 Å². The molecule has 11 heteroatoms. The van der Waals surface area contributed by atoms with Crippen LogP contribution in [-0.2, 0) is 10.0 Å². The lowest BCUT2D eigenvalue weighted by Gasteiger charge is -2.18. The van der Waals surface area contributed by atoms with E-state index in [0.29, 0.717) is 40.3 Å². The lowest BCUT2D eigenvalue weighted by atomic mass is 10.2. The van der Waals surface area contributed by atoms with Crippen molar-refractivity contribution in [1.82, 2.24) is 19.1 Å². The van der Waals surface area contributed by atoms with Gasteiger partial charge in [0, 0.05) is 40.7 Å². The van der Waals surface area contributed by atoms with Crippen molar-refractivity contribution < 1.29 is 13.2 Å². The van der Waals surface area contributed by atoms with Gasteiger partial charge in [0.25, 0.3) is 5.91 Å². The summed E-state index contributed by atoms with van der Waals surface area (Å²) >= 11 is 7.37. The Morgan fingerprint density at radius 3 is 2.37 bits per heavy atom. The fraction of sp³-hybridized carbons (Fsp3) is 0.208. The van der Waals surface area contributed by atoms with Gasteiger partial charge in [-0.25, -0.2) is 13.4 Å². The topological polar surface area (TPSA) is 97.2 Å². The molecule has 4 rings (SSSR count). The molecule has 8 nitrogen and oxygen atoms in total. The van der Waals surface area contributed by atoms with Crippen LogP contribution in [0.1, 0.15) is 29.9 Å². The molecule has 182 valence electrons. The van der Waals surface area contributed by atoms with E-state index in [0.717, 1.165) is 11.3 Å². The molecule has 0 saturated heterocycles. The SMILES string of the molecule is CCN(CC)S(=O)(=O)c1ccc(C(=O)Nc2cc(C)nn2-c2nc(-c3ccc(Cl)cc3)cs2)cc1. The van der Waals surface area contributed by atoms with Crippen molar-refractivity contribution in [2.24, 2.45) is 0 Å². The van der Waals surface area contributed by atoms with Crippen molar-refractivity contribution in [2.75, 3.05) is 18.4 Å². The summed E-state index contributed by atoms with van der Waals surface area (Å²) in [4.78, 5) is 17.7. The number of carbonyl (C=O) groups excluding carboxylic acids is 1. The van der Waals surface area contributed by atoms with Gasteiger partial charge in [0.1, 0.15) is 5.82 Å². The third-order valence-corrected chi connectivity index (χ3v) is 8.48. The highest BCUT2D eigenvalue weighted by molar-refractivity contribution is 7.89. The van der Waals surface area contributed by atoms with Crippen molar-refractivity contribution in [3.8, 4) is 16.4 Å². The fourth-order valence-corrected chi connectivity index (χ4v) is 5.91. The quantitative estimate of drug-likeness (QED) is 0.336. The van der Waals surface area contributed by atoms with Gasteiger partial charge in [-0.2, -0.15) is 14.1 Å². The van der Waals surface area contributed by atoms with Gasteiger partial charge < -0.3 is 5.32 Å². The van der Waals surface area contributed by atoms with E-state index in [2.05, 4.69) is 15.4 Å². The number of rotatable bonds is 8. The fourth-order valence-electron chi connectivity index (χ4n) is 3.53. The van der Waals surface area contributed by atoms with Crippen LogP contribution in [0.25, 0.3) is 16.4 Å². The molecule has 0 aliphatic carbocycles. The number of anilines is 1. The first-order valence-electron chi connectivity index (χ1n) is 10.9. The lowest BCUT2D eigenvalue weighted by Crippen LogP contribution is -2.30. The van der Waals surface area contributed by atoms with Gasteiger partial charge in [-0.05, 0) is 43.3 Å². The number of benzene rings is 2. The zero-order valence-corrected chi connectivity index (χ0v) is 21.8. The van der Waals surface area contributed by atoms with Gasteiger partial charge in [-0.15, -0.1) is 11.3 Å². The van der Waals surface area contributed by atoms with Crippen LogP contribution in [0.2, 0.25) is 5.02 Å². The molecule has 0 fully saturated rings. The molecule has 2 heterocycles. The van der Waals surface area contributed by atoms with Crippen molar-refractivity contribution >= 4 is 44.7 Å². The highest BCUT2D eigenvalue weighted by Crippen LogP contribution is 2.27. The first-order chi connectivity index (χ1) is 16.7. The minimum Gasteiger partial charge on any atom is -0.306 e. The van der Waals surface area contributed by atoms with E-state index in [9.17, 15) is 13.2 Å². The molecule has 1 amide bonds. The molecule has 0 saturated carbocycles. The average Bonchev–Trinajstić information content (AvgIpc) is 3.47. The first kappa shape index (κ1) is 25.1. The number of aromatic nitrogens is 3. The van der Waals surface area contributed by atoms with Gasteiger partial charge in [-0.1, -0.05) is 37.6 Å². The van der Waals surface area contributed by atoms with E-state index in [-0.39, 0.29) is 10.8 Å². The molecule has 0 atom stereocenters. The second kappa shape index (κ2) is 10.3. The molecule has 0 aliphatic rings. The van der Waals surface area contributed by atoms with Crippen LogP contribution in [-0.4, -0.2) is 46.5 Å². The Morgan fingerprint density at radius 1 is 1.09 bits per heavy atom. The monoisotopic (exact) mass is 529 g/mol.